The molecule has 104 valence electrons. The molecule has 0 amide bonds. The van der Waals surface area contributed by atoms with Crippen molar-refractivity contribution in [2.24, 2.45) is 0 Å². The highest BCUT2D eigenvalue weighted by atomic mass is 16.3. The van der Waals surface area contributed by atoms with Crippen LogP contribution in [0.25, 0.3) is 0 Å². The third kappa shape index (κ3) is 3.98. The molecule has 0 aliphatic heterocycles. The van der Waals surface area contributed by atoms with Gasteiger partial charge in [-0.15, -0.1) is 0 Å². The van der Waals surface area contributed by atoms with Gasteiger partial charge in [0.2, 0.25) is 0 Å². The topological polar surface area (TPSA) is 41.6 Å². The lowest BCUT2D eigenvalue weighted by Crippen LogP contribution is -2.37. The number of hydrogen-bond acceptors (Lipinski definition) is 4. The molecule has 1 N–H and O–H groups in total. The Kier molecular flexibility index (Phi) is 4.82. The SMILES string of the molecule is Cc1occc1CN(C)C(C)CNCc1ccco1. The fourth-order valence-electron chi connectivity index (χ4n) is 1.97. The zero-order valence-corrected chi connectivity index (χ0v) is 11.8. The van der Waals surface area contributed by atoms with Crippen LogP contribution >= 0.6 is 0 Å². The Bertz CT molecular complexity index is 476. The fourth-order valence-corrected chi connectivity index (χ4v) is 1.97. The van der Waals surface area contributed by atoms with Crippen molar-refractivity contribution in [2.45, 2.75) is 33.0 Å². The molecule has 0 spiro atoms. The summed E-state index contributed by atoms with van der Waals surface area (Å²) in [5.74, 6) is 1.98. The van der Waals surface area contributed by atoms with Crippen LogP contribution in [-0.2, 0) is 13.1 Å². The van der Waals surface area contributed by atoms with Crippen molar-refractivity contribution >= 4 is 0 Å². The quantitative estimate of drug-likeness (QED) is 0.833. The van der Waals surface area contributed by atoms with Crippen LogP contribution in [0, 0.1) is 6.92 Å². The van der Waals surface area contributed by atoms with E-state index in [4.69, 9.17) is 8.83 Å². The third-order valence-corrected chi connectivity index (χ3v) is 3.46. The van der Waals surface area contributed by atoms with E-state index in [0.29, 0.717) is 6.04 Å². The van der Waals surface area contributed by atoms with E-state index in [1.54, 1.807) is 12.5 Å². The van der Waals surface area contributed by atoms with Crippen LogP contribution in [0.5, 0.6) is 0 Å². The number of rotatable bonds is 7. The molecule has 0 radical (unpaired) electrons. The first-order valence-electron chi connectivity index (χ1n) is 6.63. The highest BCUT2D eigenvalue weighted by molar-refractivity contribution is 5.15. The molecule has 0 aliphatic rings. The predicted molar refractivity (Wildman–Crippen MR) is 74.8 cm³/mol. The second kappa shape index (κ2) is 6.59. The first-order valence-corrected chi connectivity index (χ1v) is 6.63. The predicted octanol–water partition coefficient (Wildman–Crippen LogP) is 2.79. The lowest BCUT2D eigenvalue weighted by molar-refractivity contribution is 0.240. The Morgan fingerprint density at radius 2 is 2.11 bits per heavy atom. The normalized spacial score (nSPS) is 13.1. The lowest BCUT2D eigenvalue weighted by Gasteiger charge is -2.24. The van der Waals surface area contributed by atoms with Crippen LogP contribution in [0.4, 0.5) is 0 Å². The van der Waals surface area contributed by atoms with Crippen LogP contribution in [0.15, 0.2) is 39.6 Å². The van der Waals surface area contributed by atoms with Crippen molar-refractivity contribution in [1.82, 2.24) is 10.2 Å². The summed E-state index contributed by atoms with van der Waals surface area (Å²) in [6.07, 6.45) is 3.45. The maximum Gasteiger partial charge on any atom is 0.117 e. The summed E-state index contributed by atoms with van der Waals surface area (Å²) in [4.78, 5) is 2.31. The highest BCUT2D eigenvalue weighted by Gasteiger charge is 2.11. The summed E-state index contributed by atoms with van der Waals surface area (Å²) in [5.41, 5.74) is 1.25. The van der Waals surface area contributed by atoms with Gasteiger partial charge in [-0.25, -0.2) is 0 Å². The number of aryl methyl sites for hydroxylation is 1. The summed E-state index contributed by atoms with van der Waals surface area (Å²) in [6, 6.07) is 6.38. The molecule has 19 heavy (non-hydrogen) atoms. The average molecular weight is 262 g/mol. The minimum absolute atomic E-state index is 0.448. The molecule has 2 rings (SSSR count). The van der Waals surface area contributed by atoms with Gasteiger partial charge in [0, 0.05) is 24.7 Å². The summed E-state index contributed by atoms with van der Waals surface area (Å²) in [5, 5.41) is 3.40. The van der Waals surface area contributed by atoms with E-state index in [1.165, 1.54) is 5.56 Å². The number of nitrogens with one attached hydrogen (secondary N) is 1. The molecule has 2 aromatic rings. The van der Waals surface area contributed by atoms with Gasteiger partial charge in [-0.05, 0) is 39.1 Å². The summed E-state index contributed by atoms with van der Waals surface area (Å²) < 4.78 is 10.6. The maximum absolute atomic E-state index is 5.32. The van der Waals surface area contributed by atoms with Gasteiger partial charge in [0.1, 0.15) is 11.5 Å². The largest absolute Gasteiger partial charge is 0.469 e. The zero-order chi connectivity index (χ0) is 13.7. The van der Waals surface area contributed by atoms with Crippen LogP contribution < -0.4 is 5.32 Å². The number of nitrogens with zero attached hydrogens (tertiary/aromatic N) is 1. The third-order valence-electron chi connectivity index (χ3n) is 3.46. The van der Waals surface area contributed by atoms with Crippen LogP contribution in [0.1, 0.15) is 24.0 Å². The van der Waals surface area contributed by atoms with E-state index in [1.807, 2.05) is 25.1 Å². The molecule has 4 heteroatoms. The van der Waals surface area contributed by atoms with Crippen molar-refractivity contribution in [3.63, 3.8) is 0 Å². The second-order valence-corrected chi connectivity index (χ2v) is 4.98. The van der Waals surface area contributed by atoms with Gasteiger partial charge in [0.25, 0.3) is 0 Å². The standard InChI is InChI=1S/C15H22N2O2/c1-12(9-16-10-15-5-4-7-19-15)17(3)11-14-6-8-18-13(14)2/h4-8,12,16H,9-11H2,1-3H3. The number of furan rings is 2. The Balaban J connectivity index is 1.73. The van der Waals surface area contributed by atoms with Gasteiger partial charge in [-0.3, -0.25) is 4.90 Å². The zero-order valence-electron chi connectivity index (χ0n) is 11.8. The van der Waals surface area contributed by atoms with E-state index in [9.17, 15) is 0 Å². The average Bonchev–Trinajstić information content (AvgIpc) is 3.02. The molecule has 1 unspecified atom stereocenters. The fraction of sp³-hybridized carbons (Fsp3) is 0.467. The molecule has 0 fully saturated rings. The highest BCUT2D eigenvalue weighted by Crippen LogP contribution is 2.12. The minimum atomic E-state index is 0.448. The van der Waals surface area contributed by atoms with E-state index >= 15 is 0 Å². The van der Waals surface area contributed by atoms with Crippen molar-refractivity contribution < 1.29 is 8.83 Å². The maximum atomic E-state index is 5.32. The van der Waals surface area contributed by atoms with E-state index < -0.39 is 0 Å². The molecule has 4 nitrogen and oxygen atoms in total. The molecule has 0 aliphatic carbocycles. The van der Waals surface area contributed by atoms with Gasteiger partial charge in [0.05, 0.1) is 19.1 Å². The Hall–Kier alpha value is -1.52. The van der Waals surface area contributed by atoms with Crippen LogP contribution in [-0.4, -0.2) is 24.5 Å². The van der Waals surface area contributed by atoms with Crippen LogP contribution in [0.3, 0.4) is 0 Å². The lowest BCUT2D eigenvalue weighted by atomic mass is 10.2. The molecule has 2 aromatic heterocycles. The molecular weight excluding hydrogens is 240 g/mol. The Morgan fingerprint density at radius 3 is 2.74 bits per heavy atom. The molecule has 0 aromatic carbocycles. The van der Waals surface area contributed by atoms with Gasteiger partial charge in [-0.2, -0.15) is 0 Å². The minimum Gasteiger partial charge on any atom is -0.469 e. The molecule has 2 heterocycles. The molecule has 0 saturated heterocycles. The molecule has 0 saturated carbocycles. The molecule has 0 bridgehead atoms. The number of likely N-dealkylation sites (N-methyl/N-ethyl adjacent to an activating group) is 1. The van der Waals surface area contributed by atoms with Gasteiger partial charge < -0.3 is 14.2 Å². The van der Waals surface area contributed by atoms with Crippen molar-refractivity contribution in [1.29, 1.82) is 0 Å². The van der Waals surface area contributed by atoms with Crippen molar-refractivity contribution in [3.05, 3.63) is 47.8 Å². The van der Waals surface area contributed by atoms with Crippen LogP contribution in [0.2, 0.25) is 0 Å². The second-order valence-electron chi connectivity index (χ2n) is 4.98. The first kappa shape index (κ1) is 13.9. The summed E-state index contributed by atoms with van der Waals surface area (Å²) >= 11 is 0. The van der Waals surface area contributed by atoms with Gasteiger partial charge in [0.15, 0.2) is 0 Å². The number of hydrogen-bond donors (Lipinski definition) is 1. The van der Waals surface area contributed by atoms with Crippen molar-refractivity contribution in [2.75, 3.05) is 13.6 Å². The van der Waals surface area contributed by atoms with E-state index in [0.717, 1.165) is 31.2 Å². The van der Waals surface area contributed by atoms with E-state index in [-0.39, 0.29) is 0 Å². The monoisotopic (exact) mass is 262 g/mol. The first-order chi connectivity index (χ1) is 9.16. The van der Waals surface area contributed by atoms with Gasteiger partial charge >= 0.3 is 0 Å². The summed E-state index contributed by atoms with van der Waals surface area (Å²) in [6.45, 7) is 6.82. The van der Waals surface area contributed by atoms with E-state index in [2.05, 4.69) is 24.2 Å². The molecule has 1 atom stereocenters. The smallest absolute Gasteiger partial charge is 0.117 e. The molecular formula is C15H22N2O2. The Labute approximate surface area is 114 Å². The Morgan fingerprint density at radius 1 is 1.26 bits per heavy atom. The summed E-state index contributed by atoms with van der Waals surface area (Å²) in [7, 11) is 2.13. The van der Waals surface area contributed by atoms with Crippen molar-refractivity contribution in [3.8, 4) is 0 Å². The van der Waals surface area contributed by atoms with Gasteiger partial charge in [-0.1, -0.05) is 0 Å².